The van der Waals surface area contributed by atoms with Gasteiger partial charge in [0.05, 0.1) is 12.5 Å². The number of carbonyl (C=O) groups is 1. The number of imidazole rings is 1. The van der Waals surface area contributed by atoms with Crippen molar-refractivity contribution in [3.8, 4) is 0 Å². The summed E-state index contributed by atoms with van der Waals surface area (Å²) >= 11 is 0. The monoisotopic (exact) mass is 326 g/mol. The molecule has 5 heteroatoms. The summed E-state index contributed by atoms with van der Waals surface area (Å²) in [4.78, 5) is 23.4. The molecule has 128 valence electrons. The predicted octanol–water partition coefficient (Wildman–Crippen LogP) is 3.12. The fraction of sp³-hybridized carbons (Fsp3) is 0.526. The molecule has 3 heterocycles. The van der Waals surface area contributed by atoms with E-state index in [1.807, 2.05) is 30.2 Å². The number of aromatic nitrogens is 3. The molecule has 3 rings (SSSR count). The summed E-state index contributed by atoms with van der Waals surface area (Å²) in [5.41, 5.74) is 1.96. The molecule has 5 nitrogen and oxygen atoms in total. The van der Waals surface area contributed by atoms with Crippen molar-refractivity contribution in [3.63, 3.8) is 0 Å². The first kappa shape index (κ1) is 16.7. The summed E-state index contributed by atoms with van der Waals surface area (Å²) in [5, 5.41) is 0. The van der Waals surface area contributed by atoms with Gasteiger partial charge in [-0.25, -0.2) is 4.98 Å². The van der Waals surface area contributed by atoms with Crippen LogP contribution in [0, 0.1) is 6.92 Å². The third kappa shape index (κ3) is 3.66. The van der Waals surface area contributed by atoms with Gasteiger partial charge in [-0.2, -0.15) is 0 Å². The largest absolute Gasteiger partial charge is 0.340 e. The Morgan fingerprint density at radius 3 is 2.88 bits per heavy atom. The van der Waals surface area contributed by atoms with Crippen molar-refractivity contribution >= 4 is 5.91 Å². The average Bonchev–Trinajstić information content (AvgIpc) is 3.07. The van der Waals surface area contributed by atoms with Crippen LogP contribution in [0.15, 0.2) is 30.7 Å². The topological polar surface area (TPSA) is 51.0 Å². The van der Waals surface area contributed by atoms with Crippen LogP contribution < -0.4 is 0 Å². The summed E-state index contributed by atoms with van der Waals surface area (Å²) in [7, 11) is 0. The van der Waals surface area contributed by atoms with Gasteiger partial charge in [0.15, 0.2) is 0 Å². The molecule has 2 aromatic heterocycles. The van der Waals surface area contributed by atoms with Crippen LogP contribution in [0.5, 0.6) is 0 Å². The lowest BCUT2D eigenvalue weighted by atomic mass is 10.0. The van der Waals surface area contributed by atoms with Crippen LogP contribution in [-0.4, -0.2) is 38.4 Å². The van der Waals surface area contributed by atoms with Crippen LogP contribution in [0.1, 0.15) is 55.7 Å². The molecule has 0 aliphatic carbocycles. The second-order valence-corrected chi connectivity index (χ2v) is 6.97. The molecule has 24 heavy (non-hydrogen) atoms. The smallest absolute Gasteiger partial charge is 0.227 e. The number of aryl methyl sites for hydroxylation is 1. The van der Waals surface area contributed by atoms with Gasteiger partial charge in [-0.15, -0.1) is 0 Å². The Morgan fingerprint density at radius 2 is 2.17 bits per heavy atom. The number of hydrogen-bond acceptors (Lipinski definition) is 3. The van der Waals surface area contributed by atoms with Crippen LogP contribution in [0.25, 0.3) is 0 Å². The minimum Gasteiger partial charge on any atom is -0.340 e. The fourth-order valence-corrected chi connectivity index (χ4v) is 3.38. The zero-order chi connectivity index (χ0) is 17.1. The maximum Gasteiger partial charge on any atom is 0.227 e. The number of rotatable bonds is 4. The van der Waals surface area contributed by atoms with Crippen LogP contribution in [-0.2, 0) is 11.2 Å². The number of carbonyl (C=O) groups excluding carboxylic acids is 1. The van der Waals surface area contributed by atoms with E-state index in [4.69, 9.17) is 0 Å². The van der Waals surface area contributed by atoms with Crippen LogP contribution in [0.2, 0.25) is 0 Å². The Balaban J connectivity index is 1.67. The lowest BCUT2D eigenvalue weighted by Gasteiger charge is -2.34. The Labute approximate surface area is 143 Å². The highest BCUT2D eigenvalue weighted by atomic mass is 16.2. The summed E-state index contributed by atoms with van der Waals surface area (Å²) in [6.45, 7) is 7.90. The maximum absolute atomic E-state index is 12.7. The van der Waals surface area contributed by atoms with Gasteiger partial charge in [-0.3, -0.25) is 9.78 Å². The second kappa shape index (κ2) is 7.16. The van der Waals surface area contributed by atoms with Crippen molar-refractivity contribution in [2.24, 2.45) is 0 Å². The van der Waals surface area contributed by atoms with Gasteiger partial charge in [-0.1, -0.05) is 19.9 Å². The molecular weight excluding hydrogens is 300 g/mol. The van der Waals surface area contributed by atoms with E-state index < -0.39 is 0 Å². The molecule has 0 aromatic carbocycles. The molecule has 1 aliphatic rings. The summed E-state index contributed by atoms with van der Waals surface area (Å²) in [6, 6.07) is 4.29. The lowest BCUT2D eigenvalue weighted by Crippen LogP contribution is -2.41. The first-order valence-electron chi connectivity index (χ1n) is 8.76. The van der Waals surface area contributed by atoms with Gasteiger partial charge in [0.25, 0.3) is 0 Å². The van der Waals surface area contributed by atoms with E-state index >= 15 is 0 Å². The number of amides is 1. The van der Waals surface area contributed by atoms with Gasteiger partial charge in [-0.05, 0) is 31.4 Å². The molecule has 0 spiro atoms. The molecule has 2 aromatic rings. The number of pyridine rings is 1. The predicted molar refractivity (Wildman–Crippen MR) is 93.8 cm³/mol. The SMILES string of the molecule is Cc1ccc(CC(=O)N2CCC[C@H](n3ccnc3C(C)C)C2)cn1. The van der Waals surface area contributed by atoms with Crippen molar-refractivity contribution < 1.29 is 4.79 Å². The molecular formula is C19H26N4O. The van der Waals surface area contributed by atoms with Gasteiger partial charge >= 0.3 is 0 Å². The molecule has 1 aliphatic heterocycles. The number of nitrogens with zero attached hydrogens (tertiary/aromatic N) is 4. The minimum atomic E-state index is 0.191. The summed E-state index contributed by atoms with van der Waals surface area (Å²) in [5.74, 6) is 1.69. The molecule has 1 atom stereocenters. The van der Waals surface area contributed by atoms with Gasteiger partial charge < -0.3 is 9.47 Å². The van der Waals surface area contributed by atoms with Crippen LogP contribution >= 0.6 is 0 Å². The van der Waals surface area contributed by atoms with Gasteiger partial charge in [0.1, 0.15) is 5.82 Å². The molecule has 1 saturated heterocycles. The standard InChI is InChI=1S/C19H26N4O/c1-14(2)19-20-8-10-23(19)17-5-4-9-22(13-17)18(24)11-16-7-6-15(3)21-12-16/h6-8,10,12,14,17H,4-5,9,11,13H2,1-3H3/t17-/m0/s1. The molecule has 0 bridgehead atoms. The van der Waals surface area contributed by atoms with Gasteiger partial charge in [0.2, 0.25) is 5.91 Å². The molecule has 0 saturated carbocycles. The van der Waals surface area contributed by atoms with Crippen molar-refractivity contribution in [2.75, 3.05) is 13.1 Å². The summed E-state index contributed by atoms with van der Waals surface area (Å²) < 4.78 is 2.26. The second-order valence-electron chi connectivity index (χ2n) is 6.97. The Morgan fingerprint density at radius 1 is 1.33 bits per heavy atom. The number of likely N-dealkylation sites (tertiary alicyclic amines) is 1. The zero-order valence-corrected chi connectivity index (χ0v) is 14.8. The first-order chi connectivity index (χ1) is 11.5. The van der Waals surface area contributed by atoms with E-state index in [0.29, 0.717) is 18.4 Å². The first-order valence-corrected chi connectivity index (χ1v) is 8.76. The van der Waals surface area contributed by atoms with Crippen molar-refractivity contribution in [1.29, 1.82) is 0 Å². The van der Waals surface area contributed by atoms with E-state index in [1.54, 1.807) is 6.20 Å². The molecule has 0 N–H and O–H groups in total. The maximum atomic E-state index is 12.7. The van der Waals surface area contributed by atoms with E-state index in [2.05, 4.69) is 34.6 Å². The number of piperidine rings is 1. The van der Waals surface area contributed by atoms with Gasteiger partial charge in [0, 0.05) is 43.3 Å². The Bertz CT molecular complexity index is 690. The van der Waals surface area contributed by atoms with E-state index in [0.717, 1.165) is 43.0 Å². The molecule has 0 unspecified atom stereocenters. The highest BCUT2D eigenvalue weighted by molar-refractivity contribution is 5.78. The molecule has 1 amide bonds. The Hall–Kier alpha value is -2.17. The van der Waals surface area contributed by atoms with Crippen LogP contribution in [0.3, 0.4) is 0 Å². The lowest BCUT2D eigenvalue weighted by molar-refractivity contribution is -0.132. The van der Waals surface area contributed by atoms with Crippen molar-refractivity contribution in [3.05, 3.63) is 47.8 Å². The average molecular weight is 326 g/mol. The van der Waals surface area contributed by atoms with E-state index in [1.165, 1.54) is 0 Å². The third-order valence-corrected chi connectivity index (χ3v) is 4.69. The zero-order valence-electron chi connectivity index (χ0n) is 14.8. The van der Waals surface area contributed by atoms with E-state index in [-0.39, 0.29) is 5.91 Å². The van der Waals surface area contributed by atoms with Crippen molar-refractivity contribution in [2.45, 2.75) is 52.0 Å². The fourth-order valence-electron chi connectivity index (χ4n) is 3.38. The molecule has 1 fully saturated rings. The van der Waals surface area contributed by atoms with Crippen molar-refractivity contribution in [1.82, 2.24) is 19.4 Å². The summed E-state index contributed by atoms with van der Waals surface area (Å²) in [6.07, 6.45) is 8.30. The molecule has 0 radical (unpaired) electrons. The Kier molecular flexibility index (Phi) is 4.97. The highest BCUT2D eigenvalue weighted by Gasteiger charge is 2.26. The van der Waals surface area contributed by atoms with Crippen LogP contribution in [0.4, 0.5) is 0 Å². The van der Waals surface area contributed by atoms with E-state index in [9.17, 15) is 4.79 Å². The minimum absolute atomic E-state index is 0.191. The number of hydrogen-bond donors (Lipinski definition) is 0. The highest BCUT2D eigenvalue weighted by Crippen LogP contribution is 2.25. The normalized spacial score (nSPS) is 18.2. The third-order valence-electron chi connectivity index (χ3n) is 4.69. The quantitative estimate of drug-likeness (QED) is 0.867.